The van der Waals surface area contributed by atoms with Crippen LogP contribution in [0.1, 0.15) is 20.8 Å². The van der Waals surface area contributed by atoms with Gasteiger partial charge in [0, 0.05) is 0 Å². The van der Waals surface area contributed by atoms with E-state index in [1.807, 2.05) is 0 Å². The molecular weight excluding hydrogens is 222 g/mol. The van der Waals surface area contributed by atoms with E-state index in [0.717, 1.165) is 0 Å². The number of carbonyl (C=O) groups excluding carboxylic acids is 2. The van der Waals surface area contributed by atoms with Crippen LogP contribution in [-0.2, 0) is 19.2 Å². The Hall–Kier alpha value is -1.10. The zero-order chi connectivity index (χ0) is 12.1. The maximum absolute atomic E-state index is 11.4. The molecule has 6 heteroatoms. The Morgan fingerprint density at radius 1 is 1.33 bits per heavy atom. The highest BCUT2D eigenvalue weighted by atomic mass is 35.5. The van der Waals surface area contributed by atoms with Crippen LogP contribution < -0.4 is 0 Å². The number of hydrogen-bond acceptors (Lipinski definition) is 5. The van der Waals surface area contributed by atoms with E-state index in [1.165, 1.54) is 7.11 Å². The number of nitrogens with zero attached hydrogens (tertiary/aromatic N) is 1. The van der Waals surface area contributed by atoms with Crippen molar-refractivity contribution in [3.8, 4) is 0 Å². The summed E-state index contributed by atoms with van der Waals surface area (Å²) in [6, 6.07) is 0. The van der Waals surface area contributed by atoms with Crippen LogP contribution in [0.15, 0.2) is 5.16 Å². The van der Waals surface area contributed by atoms with E-state index in [4.69, 9.17) is 16.3 Å². The highest BCUT2D eigenvalue weighted by Gasteiger charge is 2.26. The van der Waals surface area contributed by atoms with Gasteiger partial charge in [-0.1, -0.05) is 5.16 Å². The minimum absolute atomic E-state index is 0.346. The first kappa shape index (κ1) is 13.9. The third-order valence-electron chi connectivity index (χ3n) is 1.16. The van der Waals surface area contributed by atoms with Crippen molar-refractivity contribution in [2.75, 3.05) is 13.0 Å². The lowest BCUT2D eigenvalue weighted by molar-refractivity contribution is -0.146. The summed E-state index contributed by atoms with van der Waals surface area (Å²) in [4.78, 5) is 27.0. The zero-order valence-electron chi connectivity index (χ0n) is 9.17. The largest absolute Gasteiger partial charge is 0.455 e. The third kappa shape index (κ3) is 5.37. The Kier molecular flexibility index (Phi) is 5.28. The van der Waals surface area contributed by atoms with Gasteiger partial charge in [0.15, 0.2) is 0 Å². The number of ketones is 1. The van der Waals surface area contributed by atoms with Crippen molar-refractivity contribution in [2.45, 2.75) is 26.4 Å². The fourth-order valence-electron chi connectivity index (χ4n) is 0.683. The molecule has 0 amide bonds. The molecule has 0 aliphatic carbocycles. The van der Waals surface area contributed by atoms with E-state index in [1.54, 1.807) is 20.8 Å². The van der Waals surface area contributed by atoms with Gasteiger partial charge in [0.05, 0.1) is 5.88 Å². The number of hydrogen-bond donors (Lipinski definition) is 0. The molecule has 0 N–H and O–H groups in total. The molecule has 0 aromatic rings. The molecule has 0 aromatic heterocycles. The van der Waals surface area contributed by atoms with Crippen molar-refractivity contribution in [1.82, 2.24) is 0 Å². The van der Waals surface area contributed by atoms with Gasteiger partial charge < -0.3 is 9.57 Å². The second-order valence-electron chi connectivity index (χ2n) is 3.68. The molecular formula is C9H14ClNO4. The predicted octanol–water partition coefficient (Wildman–Crippen LogP) is 1.14. The number of esters is 1. The standard InChI is InChI=1S/C9H14ClNO4/c1-9(2,3)15-8(13)7(11-14-4)6(12)5-10/h5H2,1-4H3. The molecule has 0 radical (unpaired) electrons. The van der Waals surface area contributed by atoms with Gasteiger partial charge in [-0.05, 0) is 20.8 Å². The first-order valence-corrected chi connectivity index (χ1v) is 4.79. The van der Waals surface area contributed by atoms with E-state index in [2.05, 4.69) is 9.99 Å². The van der Waals surface area contributed by atoms with Gasteiger partial charge in [0.25, 0.3) is 0 Å². The van der Waals surface area contributed by atoms with Gasteiger partial charge in [-0.2, -0.15) is 0 Å². The van der Waals surface area contributed by atoms with E-state index in [-0.39, 0.29) is 5.88 Å². The van der Waals surface area contributed by atoms with E-state index in [0.29, 0.717) is 0 Å². The van der Waals surface area contributed by atoms with Crippen LogP contribution in [0.25, 0.3) is 0 Å². The molecule has 0 saturated heterocycles. The molecule has 0 aliphatic rings. The minimum atomic E-state index is -0.838. The van der Waals surface area contributed by atoms with Crippen LogP contribution in [0.4, 0.5) is 0 Å². The molecule has 0 unspecified atom stereocenters. The number of halogens is 1. The first-order chi connectivity index (χ1) is 6.81. The van der Waals surface area contributed by atoms with Crippen LogP contribution in [0.2, 0.25) is 0 Å². The molecule has 0 aromatic carbocycles. The van der Waals surface area contributed by atoms with Crippen LogP contribution in [0.5, 0.6) is 0 Å². The monoisotopic (exact) mass is 235 g/mol. The molecule has 0 rings (SSSR count). The molecule has 86 valence electrons. The lowest BCUT2D eigenvalue weighted by Crippen LogP contribution is -2.33. The number of alkyl halides is 1. The SMILES string of the molecule is CON=C(C(=O)CCl)C(=O)OC(C)(C)C. The number of ether oxygens (including phenoxy) is 1. The summed E-state index contributed by atoms with van der Waals surface area (Å²) in [6.45, 7) is 5.04. The van der Waals surface area contributed by atoms with Crippen LogP contribution >= 0.6 is 11.6 Å². The molecule has 5 nitrogen and oxygen atoms in total. The van der Waals surface area contributed by atoms with Crippen molar-refractivity contribution in [3.63, 3.8) is 0 Å². The lowest BCUT2D eigenvalue weighted by atomic mass is 10.2. The highest BCUT2D eigenvalue weighted by Crippen LogP contribution is 2.08. The molecule has 0 heterocycles. The average Bonchev–Trinajstić information content (AvgIpc) is 2.10. The van der Waals surface area contributed by atoms with Gasteiger partial charge in [-0.3, -0.25) is 4.79 Å². The molecule has 15 heavy (non-hydrogen) atoms. The minimum Gasteiger partial charge on any atom is -0.455 e. The Labute approximate surface area is 93.4 Å². The van der Waals surface area contributed by atoms with Crippen LogP contribution in [-0.4, -0.2) is 36.1 Å². The van der Waals surface area contributed by atoms with Crippen LogP contribution in [0, 0.1) is 0 Å². The average molecular weight is 236 g/mol. The van der Waals surface area contributed by atoms with Gasteiger partial charge in [0.2, 0.25) is 11.5 Å². The lowest BCUT2D eigenvalue weighted by Gasteiger charge is -2.19. The Morgan fingerprint density at radius 2 is 1.87 bits per heavy atom. The fourth-order valence-corrected chi connectivity index (χ4v) is 0.810. The second kappa shape index (κ2) is 5.70. The Balaban J connectivity index is 4.74. The normalized spacial score (nSPS) is 12.2. The zero-order valence-corrected chi connectivity index (χ0v) is 9.92. The molecule has 0 spiro atoms. The van der Waals surface area contributed by atoms with Gasteiger partial charge >= 0.3 is 5.97 Å². The topological polar surface area (TPSA) is 65.0 Å². The summed E-state index contributed by atoms with van der Waals surface area (Å²) in [5.41, 5.74) is -1.12. The summed E-state index contributed by atoms with van der Waals surface area (Å²) < 4.78 is 4.95. The predicted molar refractivity (Wildman–Crippen MR) is 56.0 cm³/mol. The molecule has 0 bridgehead atoms. The Morgan fingerprint density at radius 3 is 2.20 bits per heavy atom. The summed E-state index contributed by atoms with van der Waals surface area (Å²) in [6.07, 6.45) is 0. The maximum Gasteiger partial charge on any atom is 0.364 e. The van der Waals surface area contributed by atoms with E-state index >= 15 is 0 Å². The molecule has 0 saturated carbocycles. The van der Waals surface area contributed by atoms with Crippen LogP contribution in [0.3, 0.4) is 0 Å². The molecule has 0 atom stereocenters. The van der Waals surface area contributed by atoms with Crippen molar-refractivity contribution in [1.29, 1.82) is 0 Å². The van der Waals surface area contributed by atoms with Crippen molar-refractivity contribution in [3.05, 3.63) is 0 Å². The summed E-state index contributed by atoms with van der Waals surface area (Å²) in [5, 5.41) is 3.29. The molecule has 0 aliphatic heterocycles. The summed E-state index contributed by atoms with van der Waals surface area (Å²) in [7, 11) is 1.23. The van der Waals surface area contributed by atoms with Crippen molar-refractivity contribution in [2.24, 2.45) is 5.16 Å². The van der Waals surface area contributed by atoms with Crippen molar-refractivity contribution >= 4 is 29.1 Å². The summed E-state index contributed by atoms with van der Waals surface area (Å²) in [5.74, 6) is -1.82. The third-order valence-corrected chi connectivity index (χ3v) is 1.40. The number of carbonyl (C=O) groups is 2. The summed E-state index contributed by atoms with van der Waals surface area (Å²) >= 11 is 5.30. The van der Waals surface area contributed by atoms with E-state index < -0.39 is 23.1 Å². The van der Waals surface area contributed by atoms with Gasteiger partial charge in [-0.15, -0.1) is 11.6 Å². The first-order valence-electron chi connectivity index (χ1n) is 4.25. The quantitative estimate of drug-likeness (QED) is 0.241. The number of rotatable bonds is 4. The van der Waals surface area contributed by atoms with Gasteiger partial charge in [-0.25, -0.2) is 4.79 Å². The fraction of sp³-hybridized carbons (Fsp3) is 0.667. The van der Waals surface area contributed by atoms with E-state index in [9.17, 15) is 9.59 Å². The number of Topliss-reactive ketones (excluding diaryl/α,β-unsaturated/α-hetero) is 1. The van der Waals surface area contributed by atoms with Gasteiger partial charge in [0.1, 0.15) is 12.7 Å². The molecule has 0 fully saturated rings. The number of oxime groups is 1. The highest BCUT2D eigenvalue weighted by molar-refractivity contribution is 6.67. The maximum atomic E-state index is 11.4. The second-order valence-corrected chi connectivity index (χ2v) is 3.95. The Bertz CT molecular complexity index is 280. The van der Waals surface area contributed by atoms with Crippen molar-refractivity contribution < 1.29 is 19.2 Å². The smallest absolute Gasteiger partial charge is 0.364 e.